The topological polar surface area (TPSA) is 51.6 Å². The van der Waals surface area contributed by atoms with Crippen LogP contribution in [0.15, 0.2) is 85.5 Å². The van der Waals surface area contributed by atoms with Gasteiger partial charge in [-0.15, -0.1) is 0 Å². The Bertz CT molecular complexity index is 951. The largest absolute Gasteiger partial charge is 0.256 e. The van der Waals surface area contributed by atoms with E-state index in [1.165, 1.54) is 0 Å². The third-order valence-corrected chi connectivity index (χ3v) is 3.70. The maximum Gasteiger partial charge on any atom is 0.0886 e. The quantitative estimate of drug-likeness (QED) is 0.397. The lowest BCUT2D eigenvalue weighted by atomic mass is 10.1. The number of aromatic nitrogens is 4. The van der Waals surface area contributed by atoms with Crippen molar-refractivity contribution in [2.45, 2.75) is 0 Å². The maximum atomic E-state index is 4.30. The van der Waals surface area contributed by atoms with Crippen molar-refractivity contribution in [3.63, 3.8) is 0 Å². The molecule has 0 radical (unpaired) electrons. The van der Waals surface area contributed by atoms with Crippen molar-refractivity contribution in [3.8, 4) is 0 Å². The number of hydrogen-bond acceptors (Lipinski definition) is 4. The zero-order chi connectivity index (χ0) is 16.2. The van der Waals surface area contributed by atoms with Crippen LogP contribution in [-0.2, 0) is 0 Å². The molecule has 4 heteroatoms. The van der Waals surface area contributed by atoms with Gasteiger partial charge < -0.3 is 0 Å². The first-order valence-corrected chi connectivity index (χ1v) is 7.65. The molecule has 24 heavy (non-hydrogen) atoms. The fourth-order valence-corrected chi connectivity index (χ4v) is 2.55. The van der Waals surface area contributed by atoms with Gasteiger partial charge in [-0.1, -0.05) is 24.3 Å². The van der Waals surface area contributed by atoms with Gasteiger partial charge in [0.05, 0.1) is 22.1 Å². The van der Waals surface area contributed by atoms with E-state index in [9.17, 15) is 0 Å². The molecule has 0 atom stereocenters. The highest BCUT2D eigenvalue weighted by atomic mass is 14.8. The van der Waals surface area contributed by atoms with Crippen LogP contribution >= 0.6 is 0 Å². The Kier molecular flexibility index (Phi) is 3.78. The Hall–Kier alpha value is -3.40. The second-order valence-electron chi connectivity index (χ2n) is 5.29. The summed E-state index contributed by atoms with van der Waals surface area (Å²) in [5.74, 6) is 0. The lowest BCUT2D eigenvalue weighted by molar-refractivity contribution is 1.29. The van der Waals surface area contributed by atoms with Gasteiger partial charge in [-0.05, 0) is 36.4 Å². The van der Waals surface area contributed by atoms with E-state index in [2.05, 4.69) is 44.2 Å². The third kappa shape index (κ3) is 2.90. The summed E-state index contributed by atoms with van der Waals surface area (Å²) in [5, 5.41) is 2.28. The molecule has 0 unspecified atom stereocenters. The van der Waals surface area contributed by atoms with Crippen LogP contribution in [0.1, 0.15) is 0 Å². The smallest absolute Gasteiger partial charge is 0.0886 e. The first-order chi connectivity index (χ1) is 11.9. The lowest BCUT2D eigenvalue weighted by Crippen LogP contribution is -1.81. The number of rotatable bonds is 0. The molecule has 4 nitrogen and oxygen atoms in total. The van der Waals surface area contributed by atoms with E-state index < -0.39 is 0 Å². The SMILES string of the molecule is c1ccc2nccnc2c1.c1cnc2cc3cccnc3cc2c1. The Morgan fingerprint density at radius 1 is 0.417 bits per heavy atom. The minimum absolute atomic E-state index is 0.949. The van der Waals surface area contributed by atoms with Gasteiger partial charge in [-0.2, -0.15) is 0 Å². The van der Waals surface area contributed by atoms with E-state index in [1.54, 1.807) is 12.4 Å². The van der Waals surface area contributed by atoms with E-state index in [-0.39, 0.29) is 0 Å². The van der Waals surface area contributed by atoms with Gasteiger partial charge in [0.15, 0.2) is 0 Å². The van der Waals surface area contributed by atoms with Crippen LogP contribution in [-0.4, -0.2) is 19.9 Å². The molecule has 0 fully saturated rings. The van der Waals surface area contributed by atoms with Crippen molar-refractivity contribution in [1.29, 1.82) is 0 Å². The number of pyridine rings is 2. The minimum atomic E-state index is 0.949. The summed E-state index contributed by atoms with van der Waals surface area (Å²) >= 11 is 0. The predicted octanol–water partition coefficient (Wildman–Crippen LogP) is 4.41. The lowest BCUT2D eigenvalue weighted by Gasteiger charge is -1.99. The summed E-state index contributed by atoms with van der Waals surface area (Å²) in [6, 6.07) is 19.9. The fourth-order valence-electron chi connectivity index (χ4n) is 2.55. The van der Waals surface area contributed by atoms with Crippen molar-refractivity contribution in [2.24, 2.45) is 0 Å². The number of fused-ring (bicyclic) bond motifs is 3. The molecule has 2 aromatic carbocycles. The van der Waals surface area contributed by atoms with Crippen LogP contribution in [0.4, 0.5) is 0 Å². The van der Waals surface area contributed by atoms with E-state index >= 15 is 0 Å². The second-order valence-corrected chi connectivity index (χ2v) is 5.29. The molecule has 3 heterocycles. The molecule has 5 rings (SSSR count). The maximum absolute atomic E-state index is 4.30. The van der Waals surface area contributed by atoms with Gasteiger partial charge in [-0.3, -0.25) is 19.9 Å². The van der Waals surface area contributed by atoms with Crippen molar-refractivity contribution in [1.82, 2.24) is 19.9 Å². The van der Waals surface area contributed by atoms with Gasteiger partial charge in [-0.25, -0.2) is 0 Å². The Labute approximate surface area is 138 Å². The number of benzene rings is 2. The average molecular weight is 310 g/mol. The van der Waals surface area contributed by atoms with Crippen LogP contribution in [0.3, 0.4) is 0 Å². The first-order valence-electron chi connectivity index (χ1n) is 7.65. The van der Waals surface area contributed by atoms with Crippen molar-refractivity contribution < 1.29 is 0 Å². The molecule has 0 aliphatic heterocycles. The molecule has 5 aromatic rings. The Morgan fingerprint density at radius 3 is 1.38 bits per heavy atom. The van der Waals surface area contributed by atoms with Crippen LogP contribution < -0.4 is 0 Å². The molecule has 0 spiro atoms. The molecule has 0 bridgehead atoms. The van der Waals surface area contributed by atoms with E-state index in [1.807, 2.05) is 48.8 Å². The molecule has 0 amide bonds. The monoisotopic (exact) mass is 310 g/mol. The summed E-state index contributed by atoms with van der Waals surface area (Å²) in [6.07, 6.45) is 7.01. The zero-order valence-corrected chi connectivity index (χ0v) is 12.9. The van der Waals surface area contributed by atoms with Gasteiger partial charge in [0, 0.05) is 35.6 Å². The first kappa shape index (κ1) is 14.2. The molecule has 0 aliphatic rings. The van der Waals surface area contributed by atoms with Crippen LogP contribution in [0.5, 0.6) is 0 Å². The zero-order valence-electron chi connectivity index (χ0n) is 12.9. The highest BCUT2D eigenvalue weighted by molar-refractivity contribution is 5.94. The standard InChI is InChI=1S/C12H8N2.C8H6N2/c1-3-9-7-12-10(4-2-6-14-12)8-11(9)13-5-1;1-2-4-8-7(3-1)9-5-6-10-8/h1-8H;1-6H. The van der Waals surface area contributed by atoms with E-state index in [4.69, 9.17) is 0 Å². The molecule has 114 valence electrons. The molecule has 0 aliphatic carbocycles. The highest BCUT2D eigenvalue weighted by Crippen LogP contribution is 2.18. The summed E-state index contributed by atoms with van der Waals surface area (Å²) in [4.78, 5) is 16.8. The van der Waals surface area contributed by atoms with Crippen molar-refractivity contribution in [3.05, 3.63) is 85.5 Å². The van der Waals surface area contributed by atoms with E-state index in [0.29, 0.717) is 0 Å². The molecule has 0 N–H and O–H groups in total. The van der Waals surface area contributed by atoms with Gasteiger partial charge in [0.2, 0.25) is 0 Å². The number of nitrogens with zero attached hydrogens (tertiary/aromatic N) is 4. The van der Waals surface area contributed by atoms with Crippen LogP contribution in [0.25, 0.3) is 32.8 Å². The molecular weight excluding hydrogens is 296 g/mol. The van der Waals surface area contributed by atoms with Crippen molar-refractivity contribution in [2.75, 3.05) is 0 Å². The van der Waals surface area contributed by atoms with Crippen molar-refractivity contribution >= 4 is 32.8 Å². The van der Waals surface area contributed by atoms with Crippen LogP contribution in [0, 0.1) is 0 Å². The summed E-state index contributed by atoms with van der Waals surface area (Å²) in [7, 11) is 0. The number of hydrogen-bond donors (Lipinski definition) is 0. The van der Waals surface area contributed by atoms with Gasteiger partial charge >= 0.3 is 0 Å². The summed E-state index contributed by atoms with van der Waals surface area (Å²) < 4.78 is 0. The molecule has 0 saturated heterocycles. The normalized spacial score (nSPS) is 10.5. The summed E-state index contributed by atoms with van der Waals surface area (Å²) in [6.45, 7) is 0. The molecule has 0 saturated carbocycles. The highest BCUT2D eigenvalue weighted by Gasteiger charge is 1.97. The minimum Gasteiger partial charge on any atom is -0.256 e. The van der Waals surface area contributed by atoms with E-state index in [0.717, 1.165) is 32.8 Å². The molecule has 3 aromatic heterocycles. The fraction of sp³-hybridized carbons (Fsp3) is 0. The second kappa shape index (κ2) is 6.38. The van der Waals surface area contributed by atoms with Gasteiger partial charge in [0.1, 0.15) is 0 Å². The average Bonchev–Trinajstić information content (AvgIpc) is 2.67. The Balaban J connectivity index is 0.000000129. The predicted molar refractivity (Wildman–Crippen MR) is 96.6 cm³/mol. The molecular formula is C20H14N4. The van der Waals surface area contributed by atoms with Crippen LogP contribution in [0.2, 0.25) is 0 Å². The number of para-hydroxylation sites is 2. The van der Waals surface area contributed by atoms with Gasteiger partial charge in [0.25, 0.3) is 0 Å². The Morgan fingerprint density at radius 2 is 0.875 bits per heavy atom. The third-order valence-electron chi connectivity index (χ3n) is 3.70. The summed E-state index contributed by atoms with van der Waals surface area (Å²) in [5.41, 5.74) is 3.94.